The minimum absolute atomic E-state index is 0. The van der Waals surface area contributed by atoms with E-state index in [1.807, 2.05) is 30.3 Å². The number of pyridine rings is 2. The van der Waals surface area contributed by atoms with Crippen molar-refractivity contribution < 1.29 is 39.4 Å². The summed E-state index contributed by atoms with van der Waals surface area (Å²) in [6, 6.07) is 9.77. The molecule has 2 heterocycles. The first-order valence-electron chi connectivity index (χ1n) is 6.73. The molecule has 4 nitrogen and oxygen atoms in total. The zero-order chi connectivity index (χ0) is 13.8. The smallest absolute Gasteiger partial charge is 0.854 e. The molecule has 0 bridgehead atoms. The molecule has 0 aliphatic heterocycles. The maximum Gasteiger partial charge on any atom is 1.00 e. The van der Waals surface area contributed by atoms with Crippen LogP contribution < -0.4 is 39.4 Å². The third-order valence-electron chi connectivity index (χ3n) is 3.22. The first kappa shape index (κ1) is 16.2. The van der Waals surface area contributed by atoms with Gasteiger partial charge in [-0.2, -0.15) is 0 Å². The van der Waals surface area contributed by atoms with E-state index in [2.05, 4.69) is 9.97 Å². The quantitative estimate of drug-likeness (QED) is 0.354. The van der Waals surface area contributed by atoms with Gasteiger partial charge in [0.1, 0.15) is 11.3 Å². The molecule has 0 atom stereocenters. The molecule has 0 N–H and O–H groups in total. The van der Waals surface area contributed by atoms with Crippen molar-refractivity contribution in [3.63, 3.8) is 0 Å². The molecule has 0 aliphatic carbocycles. The molecule has 0 amide bonds. The Morgan fingerprint density at radius 1 is 1.00 bits per heavy atom. The Morgan fingerprint density at radius 2 is 1.76 bits per heavy atom. The third-order valence-corrected chi connectivity index (χ3v) is 3.22. The number of nitrogens with zero attached hydrogens (tertiary/aromatic N) is 2. The van der Waals surface area contributed by atoms with Gasteiger partial charge in [-0.1, -0.05) is 12.5 Å². The van der Waals surface area contributed by atoms with E-state index >= 15 is 0 Å². The summed E-state index contributed by atoms with van der Waals surface area (Å²) in [5.74, 6) is 0.805. The number of fused-ring (bicyclic) bond motifs is 3. The minimum atomic E-state index is -0.0483. The van der Waals surface area contributed by atoms with E-state index in [0.29, 0.717) is 13.0 Å². The van der Waals surface area contributed by atoms with Crippen molar-refractivity contribution in [1.82, 2.24) is 9.97 Å². The zero-order valence-electron chi connectivity index (χ0n) is 12.1. The van der Waals surface area contributed by atoms with Gasteiger partial charge < -0.3 is 9.84 Å². The monoisotopic (exact) mass is 290 g/mol. The van der Waals surface area contributed by atoms with E-state index in [9.17, 15) is 5.11 Å². The molecular formula is C16H15N2NaO2. The van der Waals surface area contributed by atoms with Gasteiger partial charge in [-0.25, -0.2) is 0 Å². The summed E-state index contributed by atoms with van der Waals surface area (Å²) >= 11 is 0. The second-order valence-corrected chi connectivity index (χ2v) is 4.61. The maximum absolute atomic E-state index is 10.5. The van der Waals surface area contributed by atoms with Gasteiger partial charge in [0.25, 0.3) is 0 Å². The van der Waals surface area contributed by atoms with Gasteiger partial charge in [-0.3, -0.25) is 9.97 Å². The Labute approximate surface area is 145 Å². The predicted octanol–water partition coefficient (Wildman–Crippen LogP) is -0.694. The third kappa shape index (κ3) is 3.52. The van der Waals surface area contributed by atoms with Crippen molar-refractivity contribution in [2.75, 3.05) is 13.2 Å². The largest absolute Gasteiger partial charge is 1.00 e. The Balaban J connectivity index is 0.00000161. The first-order chi connectivity index (χ1) is 9.90. The van der Waals surface area contributed by atoms with Gasteiger partial charge in [-0.15, -0.1) is 6.61 Å². The molecule has 0 saturated heterocycles. The number of hydrogen-bond acceptors (Lipinski definition) is 4. The molecule has 3 rings (SSSR count). The van der Waals surface area contributed by atoms with Crippen LogP contribution in [0.25, 0.3) is 21.8 Å². The summed E-state index contributed by atoms with van der Waals surface area (Å²) in [5, 5.41) is 12.4. The average molecular weight is 290 g/mol. The van der Waals surface area contributed by atoms with Gasteiger partial charge in [-0.05, 0) is 30.7 Å². The normalized spacial score (nSPS) is 10.5. The Bertz CT molecular complexity index is 734. The zero-order valence-corrected chi connectivity index (χ0v) is 14.1. The van der Waals surface area contributed by atoms with Crippen molar-refractivity contribution in [2.24, 2.45) is 0 Å². The molecule has 1 aromatic carbocycles. The molecule has 0 saturated carbocycles. The molecule has 5 heteroatoms. The minimum Gasteiger partial charge on any atom is -0.854 e. The Morgan fingerprint density at radius 3 is 2.57 bits per heavy atom. The number of rotatable bonds is 5. The number of unbranched alkanes of at least 4 members (excludes halogenated alkanes) is 1. The molecule has 0 radical (unpaired) electrons. The van der Waals surface area contributed by atoms with Crippen molar-refractivity contribution in [3.8, 4) is 5.75 Å². The summed E-state index contributed by atoms with van der Waals surface area (Å²) in [7, 11) is 0. The average Bonchev–Trinajstić information content (AvgIpc) is 2.51. The van der Waals surface area contributed by atoms with Crippen LogP contribution in [-0.2, 0) is 0 Å². The SMILES string of the molecule is [Na+].[O-]CCCCOc1cc2cccnc2c2ncccc12. The first-order valence-corrected chi connectivity index (χ1v) is 6.73. The number of hydrogen-bond donors (Lipinski definition) is 0. The molecule has 0 aliphatic rings. The topological polar surface area (TPSA) is 58.1 Å². The van der Waals surface area contributed by atoms with Crippen LogP contribution in [0.2, 0.25) is 0 Å². The summed E-state index contributed by atoms with van der Waals surface area (Å²) in [6.45, 7) is 0.505. The number of ether oxygens (including phenoxy) is 1. The fourth-order valence-electron chi connectivity index (χ4n) is 2.25. The van der Waals surface area contributed by atoms with Crippen LogP contribution in [0.5, 0.6) is 5.75 Å². The Kier molecular flexibility index (Phi) is 5.94. The molecule has 3 aromatic rings. The molecule has 102 valence electrons. The van der Waals surface area contributed by atoms with Crippen molar-refractivity contribution >= 4 is 21.8 Å². The van der Waals surface area contributed by atoms with Gasteiger partial charge in [0, 0.05) is 23.2 Å². The van der Waals surface area contributed by atoms with E-state index in [4.69, 9.17) is 4.74 Å². The van der Waals surface area contributed by atoms with Crippen LogP contribution in [0.1, 0.15) is 12.8 Å². The molecule has 2 aromatic heterocycles. The van der Waals surface area contributed by atoms with Crippen LogP contribution >= 0.6 is 0 Å². The van der Waals surface area contributed by atoms with Crippen molar-refractivity contribution in [1.29, 1.82) is 0 Å². The van der Waals surface area contributed by atoms with Gasteiger partial charge >= 0.3 is 29.6 Å². The second-order valence-electron chi connectivity index (χ2n) is 4.61. The number of benzene rings is 1. The predicted molar refractivity (Wildman–Crippen MR) is 76.6 cm³/mol. The molecular weight excluding hydrogens is 275 g/mol. The Hall–Kier alpha value is -1.20. The summed E-state index contributed by atoms with van der Waals surface area (Å²) in [6.07, 6.45) is 4.95. The van der Waals surface area contributed by atoms with Gasteiger partial charge in [0.2, 0.25) is 0 Å². The summed E-state index contributed by atoms with van der Waals surface area (Å²) in [5.41, 5.74) is 1.74. The van der Waals surface area contributed by atoms with E-state index in [-0.39, 0.29) is 36.2 Å². The van der Waals surface area contributed by atoms with Crippen LogP contribution in [-0.4, -0.2) is 23.2 Å². The number of aromatic nitrogens is 2. The second kappa shape index (κ2) is 7.71. The van der Waals surface area contributed by atoms with Gasteiger partial charge in [0.15, 0.2) is 0 Å². The van der Waals surface area contributed by atoms with Crippen molar-refractivity contribution in [3.05, 3.63) is 42.7 Å². The summed E-state index contributed by atoms with van der Waals surface area (Å²) < 4.78 is 5.82. The maximum atomic E-state index is 10.5. The standard InChI is InChI=1S/C16H15N2O2.Na/c19-9-1-2-10-20-14-11-12-5-3-7-17-15(12)16-13(14)6-4-8-18-16;/h3-8,11H,1-2,9-10H2;/q-1;+1. The van der Waals surface area contributed by atoms with E-state index in [0.717, 1.165) is 34.0 Å². The fourth-order valence-corrected chi connectivity index (χ4v) is 2.25. The molecule has 21 heavy (non-hydrogen) atoms. The van der Waals surface area contributed by atoms with E-state index in [1.54, 1.807) is 12.4 Å². The van der Waals surface area contributed by atoms with Crippen LogP contribution in [0.3, 0.4) is 0 Å². The van der Waals surface area contributed by atoms with Crippen LogP contribution in [0.4, 0.5) is 0 Å². The van der Waals surface area contributed by atoms with E-state index in [1.165, 1.54) is 0 Å². The molecule has 0 spiro atoms. The molecule has 0 fully saturated rings. The summed E-state index contributed by atoms with van der Waals surface area (Å²) in [4.78, 5) is 8.82. The van der Waals surface area contributed by atoms with Crippen LogP contribution in [0, 0.1) is 0 Å². The van der Waals surface area contributed by atoms with Crippen molar-refractivity contribution in [2.45, 2.75) is 12.8 Å². The molecule has 0 unspecified atom stereocenters. The fraction of sp³-hybridized carbons (Fsp3) is 0.250. The van der Waals surface area contributed by atoms with E-state index < -0.39 is 0 Å². The van der Waals surface area contributed by atoms with Gasteiger partial charge in [0.05, 0.1) is 12.1 Å². The van der Waals surface area contributed by atoms with Crippen LogP contribution in [0.15, 0.2) is 42.7 Å².